The van der Waals surface area contributed by atoms with Gasteiger partial charge < -0.3 is 20.3 Å². The minimum Gasteiger partial charge on any atom is -0.450 e. The maximum atomic E-state index is 12.4. The van der Waals surface area contributed by atoms with E-state index in [1.54, 1.807) is 11.8 Å². The number of amides is 2. The molecule has 0 saturated carbocycles. The number of carbonyl (C=O) groups is 2. The summed E-state index contributed by atoms with van der Waals surface area (Å²) in [7, 11) is 0. The third kappa shape index (κ3) is 8.69. The molecule has 0 aromatic heterocycles. The Morgan fingerprint density at radius 2 is 1.53 bits per heavy atom. The number of nitrogens with zero attached hydrogens (tertiary/aromatic N) is 1. The second kappa shape index (κ2) is 14.2. The molecule has 0 radical (unpaired) electrons. The third-order valence-electron chi connectivity index (χ3n) is 5.07. The van der Waals surface area contributed by atoms with Gasteiger partial charge in [-0.3, -0.25) is 10.1 Å². The SMILES string of the molecule is C1CNCCN1.CCOC(=O)Nc1cccc(Cc2ccc(C(=O)N(CC)CC)cc2)c1. The zero-order valence-electron chi connectivity index (χ0n) is 19.4. The van der Waals surface area contributed by atoms with Gasteiger partial charge >= 0.3 is 6.09 Å². The number of hydrogen-bond donors (Lipinski definition) is 3. The Morgan fingerprint density at radius 1 is 0.906 bits per heavy atom. The van der Waals surface area contributed by atoms with Gasteiger partial charge in [0, 0.05) is 50.5 Å². The van der Waals surface area contributed by atoms with Crippen molar-refractivity contribution < 1.29 is 14.3 Å². The lowest BCUT2D eigenvalue weighted by Gasteiger charge is -2.18. The van der Waals surface area contributed by atoms with Crippen molar-refractivity contribution in [1.29, 1.82) is 0 Å². The lowest BCUT2D eigenvalue weighted by molar-refractivity contribution is 0.0773. The molecule has 0 unspecified atom stereocenters. The number of piperazine rings is 1. The Kier molecular flexibility index (Phi) is 11.3. The quantitative estimate of drug-likeness (QED) is 0.614. The van der Waals surface area contributed by atoms with Gasteiger partial charge in [-0.1, -0.05) is 24.3 Å². The van der Waals surface area contributed by atoms with Gasteiger partial charge in [-0.15, -0.1) is 0 Å². The summed E-state index contributed by atoms with van der Waals surface area (Å²) in [6.45, 7) is 12.0. The fraction of sp³-hybridized carbons (Fsp3) is 0.440. The highest BCUT2D eigenvalue weighted by atomic mass is 16.5. The molecule has 0 spiro atoms. The van der Waals surface area contributed by atoms with Crippen molar-refractivity contribution in [2.75, 3.05) is 51.2 Å². The van der Waals surface area contributed by atoms with Crippen molar-refractivity contribution in [2.45, 2.75) is 27.2 Å². The largest absolute Gasteiger partial charge is 0.450 e. The number of carbonyl (C=O) groups excluding carboxylic acids is 2. The standard InChI is InChI=1S/C21H26N2O3.C4H10N2/c1-4-23(5-2)20(24)18-12-10-16(11-13-18)14-17-8-7-9-19(15-17)22-21(25)26-6-3;1-2-6-4-3-5-1/h7-13,15H,4-6,14H2,1-3H3,(H,22,25);5-6H,1-4H2. The van der Waals surface area contributed by atoms with Crippen LogP contribution in [0.1, 0.15) is 42.3 Å². The van der Waals surface area contributed by atoms with Crippen molar-refractivity contribution in [3.63, 3.8) is 0 Å². The Hall–Kier alpha value is -2.90. The highest BCUT2D eigenvalue weighted by Crippen LogP contribution is 2.16. The number of ether oxygens (including phenoxy) is 1. The molecular formula is C25H36N4O3. The minimum atomic E-state index is -0.455. The van der Waals surface area contributed by atoms with Crippen LogP contribution >= 0.6 is 0 Å². The van der Waals surface area contributed by atoms with Crippen LogP contribution in [0.15, 0.2) is 48.5 Å². The second-order valence-electron chi connectivity index (χ2n) is 7.40. The summed E-state index contributed by atoms with van der Waals surface area (Å²) in [4.78, 5) is 25.7. The van der Waals surface area contributed by atoms with Gasteiger partial charge in [0.2, 0.25) is 0 Å². The van der Waals surface area contributed by atoms with Crippen LogP contribution in [0.4, 0.5) is 10.5 Å². The van der Waals surface area contributed by atoms with Crippen LogP contribution in [-0.2, 0) is 11.2 Å². The molecule has 2 aromatic rings. The van der Waals surface area contributed by atoms with E-state index in [0.717, 1.165) is 43.7 Å². The first-order chi connectivity index (χ1) is 15.6. The van der Waals surface area contributed by atoms with Gasteiger partial charge in [-0.05, 0) is 62.6 Å². The monoisotopic (exact) mass is 440 g/mol. The maximum absolute atomic E-state index is 12.4. The maximum Gasteiger partial charge on any atom is 0.411 e. The van der Waals surface area contributed by atoms with E-state index < -0.39 is 6.09 Å². The average Bonchev–Trinajstić information content (AvgIpc) is 2.82. The highest BCUT2D eigenvalue weighted by Gasteiger charge is 2.12. The molecule has 2 amide bonds. The number of anilines is 1. The number of benzene rings is 2. The van der Waals surface area contributed by atoms with Crippen molar-refractivity contribution in [3.8, 4) is 0 Å². The average molecular weight is 441 g/mol. The smallest absolute Gasteiger partial charge is 0.411 e. The molecule has 0 aliphatic carbocycles. The summed E-state index contributed by atoms with van der Waals surface area (Å²) in [5.74, 6) is 0.0576. The molecule has 2 aromatic carbocycles. The first kappa shape index (κ1) is 25.4. The zero-order chi connectivity index (χ0) is 23.2. The van der Waals surface area contributed by atoms with Gasteiger partial charge in [0.25, 0.3) is 5.91 Å². The van der Waals surface area contributed by atoms with Gasteiger partial charge in [0.05, 0.1) is 6.61 Å². The van der Waals surface area contributed by atoms with Crippen molar-refractivity contribution in [2.24, 2.45) is 0 Å². The third-order valence-corrected chi connectivity index (χ3v) is 5.07. The van der Waals surface area contributed by atoms with Gasteiger partial charge in [0.1, 0.15) is 0 Å². The van der Waals surface area contributed by atoms with E-state index in [1.807, 2.05) is 62.4 Å². The van der Waals surface area contributed by atoms with E-state index in [0.29, 0.717) is 30.9 Å². The molecule has 1 heterocycles. The fourth-order valence-corrected chi connectivity index (χ4v) is 3.34. The molecule has 1 fully saturated rings. The molecule has 1 saturated heterocycles. The number of rotatable bonds is 7. The zero-order valence-corrected chi connectivity index (χ0v) is 19.4. The first-order valence-electron chi connectivity index (χ1n) is 11.4. The van der Waals surface area contributed by atoms with Gasteiger partial charge in [-0.2, -0.15) is 0 Å². The molecule has 32 heavy (non-hydrogen) atoms. The van der Waals surface area contributed by atoms with Gasteiger partial charge in [0.15, 0.2) is 0 Å². The number of hydrogen-bond acceptors (Lipinski definition) is 5. The summed E-state index contributed by atoms with van der Waals surface area (Å²) < 4.78 is 4.89. The van der Waals surface area contributed by atoms with Crippen molar-refractivity contribution in [3.05, 3.63) is 65.2 Å². The Balaban J connectivity index is 0.000000520. The summed E-state index contributed by atoms with van der Waals surface area (Å²) in [6, 6.07) is 15.3. The molecule has 7 heteroatoms. The van der Waals surface area contributed by atoms with Crippen LogP contribution in [0, 0.1) is 0 Å². The Labute approximate surface area is 191 Å². The van der Waals surface area contributed by atoms with E-state index in [-0.39, 0.29) is 5.91 Å². The first-order valence-corrected chi connectivity index (χ1v) is 11.4. The predicted molar refractivity (Wildman–Crippen MR) is 129 cm³/mol. The second-order valence-corrected chi connectivity index (χ2v) is 7.40. The Bertz CT molecular complexity index is 820. The van der Waals surface area contributed by atoms with E-state index in [1.165, 1.54) is 0 Å². The summed E-state index contributed by atoms with van der Waals surface area (Å²) in [5, 5.41) is 9.15. The molecule has 0 atom stereocenters. The molecule has 3 rings (SSSR count). The van der Waals surface area contributed by atoms with Crippen molar-refractivity contribution >= 4 is 17.7 Å². The molecule has 174 valence electrons. The van der Waals surface area contributed by atoms with Crippen LogP contribution < -0.4 is 16.0 Å². The lowest BCUT2D eigenvalue weighted by Crippen LogP contribution is -2.39. The van der Waals surface area contributed by atoms with Crippen molar-refractivity contribution in [1.82, 2.24) is 15.5 Å². The van der Waals surface area contributed by atoms with Crippen LogP contribution in [-0.4, -0.2) is 62.8 Å². The van der Waals surface area contributed by atoms with Gasteiger partial charge in [-0.25, -0.2) is 4.79 Å². The summed E-state index contributed by atoms with van der Waals surface area (Å²) >= 11 is 0. The fourth-order valence-electron chi connectivity index (χ4n) is 3.34. The molecule has 7 nitrogen and oxygen atoms in total. The topological polar surface area (TPSA) is 82.7 Å². The van der Waals surface area contributed by atoms with E-state index >= 15 is 0 Å². The summed E-state index contributed by atoms with van der Waals surface area (Å²) in [6.07, 6.45) is 0.266. The molecular weight excluding hydrogens is 404 g/mol. The highest BCUT2D eigenvalue weighted by molar-refractivity contribution is 5.94. The molecule has 1 aliphatic rings. The van der Waals surface area contributed by atoms with Crippen LogP contribution in [0.2, 0.25) is 0 Å². The van der Waals surface area contributed by atoms with Crippen LogP contribution in [0.25, 0.3) is 0 Å². The van der Waals surface area contributed by atoms with Crippen LogP contribution in [0.5, 0.6) is 0 Å². The minimum absolute atomic E-state index is 0.0576. The molecule has 3 N–H and O–H groups in total. The molecule has 0 bridgehead atoms. The lowest BCUT2D eigenvalue weighted by atomic mass is 10.0. The number of nitrogens with one attached hydrogen (secondary N) is 3. The van der Waals surface area contributed by atoms with E-state index in [9.17, 15) is 9.59 Å². The van der Waals surface area contributed by atoms with E-state index in [4.69, 9.17) is 4.74 Å². The Morgan fingerprint density at radius 3 is 2.06 bits per heavy atom. The predicted octanol–water partition coefficient (Wildman–Crippen LogP) is 3.51. The summed E-state index contributed by atoms with van der Waals surface area (Å²) in [5.41, 5.74) is 3.58. The normalized spacial score (nSPS) is 12.8. The van der Waals surface area contributed by atoms with E-state index in [2.05, 4.69) is 16.0 Å². The van der Waals surface area contributed by atoms with Crippen LogP contribution in [0.3, 0.4) is 0 Å². The molecule has 1 aliphatic heterocycles.